The summed E-state index contributed by atoms with van der Waals surface area (Å²) in [5.74, 6) is 1.66. The summed E-state index contributed by atoms with van der Waals surface area (Å²) in [7, 11) is 0. The molecule has 0 aromatic heterocycles. The lowest BCUT2D eigenvalue weighted by Gasteiger charge is -2.22. The van der Waals surface area contributed by atoms with Crippen molar-refractivity contribution in [1.82, 2.24) is 0 Å². The van der Waals surface area contributed by atoms with Crippen LogP contribution in [0.1, 0.15) is 44.6 Å². The number of nitrogens with zero attached hydrogens (tertiary/aromatic N) is 1. The van der Waals surface area contributed by atoms with Gasteiger partial charge in [0.2, 0.25) is 0 Å². The molecule has 19 heavy (non-hydrogen) atoms. The monoisotopic (exact) mass is 261 g/mol. The van der Waals surface area contributed by atoms with Crippen molar-refractivity contribution in [2.24, 2.45) is 0 Å². The number of benzene rings is 1. The number of ether oxygens (including phenoxy) is 1. The molecule has 0 radical (unpaired) electrons. The van der Waals surface area contributed by atoms with Crippen molar-refractivity contribution in [3.8, 4) is 5.75 Å². The third kappa shape index (κ3) is 2.20. The zero-order chi connectivity index (χ0) is 13.4. The molecule has 104 valence electrons. The predicted molar refractivity (Wildman–Crippen MR) is 77.7 cm³/mol. The van der Waals surface area contributed by atoms with Crippen molar-refractivity contribution in [3.63, 3.8) is 0 Å². The Morgan fingerprint density at radius 1 is 1.47 bits per heavy atom. The first-order valence-electron chi connectivity index (χ1n) is 7.57. The molecule has 0 spiro atoms. The maximum absolute atomic E-state index is 5.67. The van der Waals surface area contributed by atoms with Gasteiger partial charge in [-0.15, -0.1) is 0 Å². The molecule has 0 amide bonds. The number of rotatable bonds is 4. The van der Waals surface area contributed by atoms with Gasteiger partial charge in [-0.05, 0) is 50.5 Å². The van der Waals surface area contributed by atoms with E-state index in [1.54, 1.807) is 0 Å². The Kier molecular flexibility index (Phi) is 3.40. The molecule has 1 aromatic carbocycles. The SMILES string of the molecule is CCOc1ccc2c(c1)C(C[C@@H](C)[NH3+])C1CCCN21. The standard InChI is InChI=1S/C16H24N2O/c1-3-19-12-6-7-16-14(10-12)13(9-11(2)17)15-5-4-8-18(15)16/h6-7,10-11,13,15H,3-5,8-9,17H2,1-2H3/p+1/t11-,13?,15?/m1/s1. The van der Waals surface area contributed by atoms with E-state index in [0.29, 0.717) is 18.0 Å². The minimum absolute atomic E-state index is 0.508. The minimum Gasteiger partial charge on any atom is -0.494 e. The molecular weight excluding hydrogens is 236 g/mol. The molecule has 0 aliphatic carbocycles. The van der Waals surface area contributed by atoms with Crippen molar-refractivity contribution >= 4 is 5.69 Å². The third-order valence-electron chi connectivity index (χ3n) is 4.44. The summed E-state index contributed by atoms with van der Waals surface area (Å²) >= 11 is 0. The smallest absolute Gasteiger partial charge is 0.119 e. The van der Waals surface area contributed by atoms with Gasteiger partial charge in [-0.3, -0.25) is 0 Å². The fraction of sp³-hybridized carbons (Fsp3) is 0.625. The first-order chi connectivity index (χ1) is 9.20. The summed E-state index contributed by atoms with van der Waals surface area (Å²) in [5.41, 5.74) is 7.13. The molecule has 1 aromatic rings. The Hall–Kier alpha value is -1.22. The van der Waals surface area contributed by atoms with E-state index in [9.17, 15) is 0 Å². The summed E-state index contributed by atoms with van der Waals surface area (Å²) in [6.07, 6.45) is 3.85. The van der Waals surface area contributed by atoms with Crippen molar-refractivity contribution in [2.45, 2.75) is 51.1 Å². The Labute approximate surface area is 115 Å². The molecule has 0 bridgehead atoms. The normalized spacial score (nSPS) is 26.2. The molecule has 3 heteroatoms. The lowest BCUT2D eigenvalue weighted by molar-refractivity contribution is -0.416. The van der Waals surface area contributed by atoms with Crippen LogP contribution in [-0.4, -0.2) is 25.2 Å². The van der Waals surface area contributed by atoms with Gasteiger partial charge in [0, 0.05) is 30.6 Å². The number of quaternary nitrogens is 1. The second-order valence-corrected chi connectivity index (χ2v) is 6.00. The van der Waals surface area contributed by atoms with Gasteiger partial charge in [-0.1, -0.05) is 0 Å². The Morgan fingerprint density at radius 2 is 2.32 bits per heavy atom. The van der Waals surface area contributed by atoms with Crippen LogP contribution >= 0.6 is 0 Å². The summed E-state index contributed by atoms with van der Waals surface area (Å²) in [5, 5.41) is 0. The van der Waals surface area contributed by atoms with Gasteiger partial charge in [-0.2, -0.15) is 0 Å². The maximum Gasteiger partial charge on any atom is 0.119 e. The van der Waals surface area contributed by atoms with Crippen LogP contribution in [0.2, 0.25) is 0 Å². The van der Waals surface area contributed by atoms with E-state index in [1.165, 1.54) is 37.1 Å². The van der Waals surface area contributed by atoms with Crippen LogP contribution in [0.5, 0.6) is 5.75 Å². The highest BCUT2D eigenvalue weighted by molar-refractivity contribution is 5.64. The average Bonchev–Trinajstić information content (AvgIpc) is 2.93. The molecular formula is C16H25N2O+. The summed E-state index contributed by atoms with van der Waals surface area (Å²) in [6, 6.07) is 7.86. The van der Waals surface area contributed by atoms with E-state index in [2.05, 4.69) is 35.8 Å². The van der Waals surface area contributed by atoms with Gasteiger partial charge in [0.1, 0.15) is 5.75 Å². The van der Waals surface area contributed by atoms with E-state index in [1.807, 2.05) is 6.92 Å². The highest BCUT2D eigenvalue weighted by Gasteiger charge is 2.41. The predicted octanol–water partition coefficient (Wildman–Crippen LogP) is 2.17. The molecule has 3 atom stereocenters. The molecule has 0 saturated carbocycles. The highest BCUT2D eigenvalue weighted by atomic mass is 16.5. The third-order valence-corrected chi connectivity index (χ3v) is 4.44. The van der Waals surface area contributed by atoms with Crippen LogP contribution in [0.3, 0.4) is 0 Å². The zero-order valence-electron chi connectivity index (χ0n) is 12.1. The number of anilines is 1. The molecule has 1 saturated heterocycles. The highest BCUT2D eigenvalue weighted by Crippen LogP contribution is 2.48. The van der Waals surface area contributed by atoms with Crippen LogP contribution in [0.15, 0.2) is 18.2 Å². The minimum atomic E-state index is 0.508. The van der Waals surface area contributed by atoms with E-state index in [4.69, 9.17) is 4.74 Å². The molecule has 2 aliphatic rings. The number of hydrogen-bond acceptors (Lipinski definition) is 2. The molecule has 2 aliphatic heterocycles. The summed E-state index contributed by atoms with van der Waals surface area (Å²) < 4.78 is 5.67. The van der Waals surface area contributed by atoms with Gasteiger partial charge < -0.3 is 15.4 Å². The lowest BCUT2D eigenvalue weighted by Crippen LogP contribution is -2.59. The fourth-order valence-corrected chi connectivity index (χ4v) is 3.78. The van der Waals surface area contributed by atoms with Crippen molar-refractivity contribution in [1.29, 1.82) is 0 Å². The fourth-order valence-electron chi connectivity index (χ4n) is 3.78. The Bertz CT molecular complexity index is 458. The zero-order valence-corrected chi connectivity index (χ0v) is 12.1. The Balaban J connectivity index is 1.95. The van der Waals surface area contributed by atoms with Gasteiger partial charge in [0.05, 0.1) is 12.6 Å². The van der Waals surface area contributed by atoms with Crippen LogP contribution in [-0.2, 0) is 0 Å². The molecule has 1 fully saturated rings. The van der Waals surface area contributed by atoms with E-state index in [-0.39, 0.29) is 0 Å². The second-order valence-electron chi connectivity index (χ2n) is 6.00. The second kappa shape index (κ2) is 5.04. The largest absolute Gasteiger partial charge is 0.494 e. The van der Waals surface area contributed by atoms with Crippen molar-refractivity contribution in [3.05, 3.63) is 23.8 Å². The molecule has 2 unspecified atom stereocenters. The number of hydrogen-bond donors (Lipinski definition) is 1. The number of fused-ring (bicyclic) bond motifs is 3. The molecule has 3 nitrogen and oxygen atoms in total. The lowest BCUT2D eigenvalue weighted by atomic mass is 9.88. The van der Waals surface area contributed by atoms with Crippen LogP contribution < -0.4 is 15.4 Å². The van der Waals surface area contributed by atoms with Crippen molar-refractivity contribution in [2.75, 3.05) is 18.1 Å². The van der Waals surface area contributed by atoms with Gasteiger partial charge >= 0.3 is 0 Å². The average molecular weight is 261 g/mol. The van der Waals surface area contributed by atoms with Crippen LogP contribution in [0.25, 0.3) is 0 Å². The van der Waals surface area contributed by atoms with Crippen LogP contribution in [0.4, 0.5) is 5.69 Å². The summed E-state index contributed by atoms with van der Waals surface area (Å²) in [4.78, 5) is 2.61. The van der Waals surface area contributed by atoms with E-state index in [0.717, 1.165) is 12.4 Å². The van der Waals surface area contributed by atoms with Gasteiger partial charge in [0.25, 0.3) is 0 Å². The maximum atomic E-state index is 5.67. The first kappa shape index (κ1) is 12.8. The molecule has 3 N–H and O–H groups in total. The summed E-state index contributed by atoms with van der Waals surface area (Å²) in [6.45, 7) is 6.22. The van der Waals surface area contributed by atoms with E-state index >= 15 is 0 Å². The van der Waals surface area contributed by atoms with Gasteiger partial charge in [-0.25, -0.2) is 0 Å². The van der Waals surface area contributed by atoms with E-state index < -0.39 is 0 Å². The first-order valence-corrected chi connectivity index (χ1v) is 7.57. The van der Waals surface area contributed by atoms with Gasteiger partial charge in [0.15, 0.2) is 0 Å². The van der Waals surface area contributed by atoms with Crippen LogP contribution in [0, 0.1) is 0 Å². The molecule has 3 rings (SSSR count). The molecule has 2 heterocycles. The topological polar surface area (TPSA) is 40.1 Å². The van der Waals surface area contributed by atoms with Crippen molar-refractivity contribution < 1.29 is 10.5 Å². The quantitative estimate of drug-likeness (QED) is 0.902. The Morgan fingerprint density at radius 3 is 3.05 bits per heavy atom.